The van der Waals surface area contributed by atoms with E-state index in [-0.39, 0.29) is 18.5 Å². The summed E-state index contributed by atoms with van der Waals surface area (Å²) >= 11 is 0. The fraction of sp³-hybridized carbons (Fsp3) is 0.125. The molecule has 0 aromatic heterocycles. The normalized spacial score (nSPS) is 13.1. The number of carbonyl (C=O) groups excluding carboxylic acids is 2. The summed E-state index contributed by atoms with van der Waals surface area (Å²) in [4.78, 5) is 25.3. The van der Waals surface area contributed by atoms with Crippen LogP contribution < -0.4 is 20.3 Å². The van der Waals surface area contributed by atoms with Gasteiger partial charge in [-0.2, -0.15) is 0 Å². The highest BCUT2D eigenvalue weighted by atomic mass is 16.5. The van der Waals surface area contributed by atoms with Crippen LogP contribution in [-0.2, 0) is 4.79 Å². The van der Waals surface area contributed by atoms with Gasteiger partial charge in [-0.1, -0.05) is 24.3 Å². The van der Waals surface area contributed by atoms with Crippen molar-refractivity contribution in [3.05, 3.63) is 48.5 Å². The van der Waals surface area contributed by atoms with E-state index >= 15 is 0 Å². The summed E-state index contributed by atoms with van der Waals surface area (Å²) in [5.74, 6) is 0.407. The van der Waals surface area contributed by atoms with Crippen molar-refractivity contribution in [2.75, 3.05) is 29.2 Å². The minimum absolute atomic E-state index is 0.00314. The number of hydrogen-bond donors (Lipinski definition) is 2. The number of nitrogens with one attached hydrogen (secondary N) is 2. The number of ether oxygens (including phenoxy) is 1. The number of urea groups is 1. The van der Waals surface area contributed by atoms with Crippen molar-refractivity contribution >= 4 is 29.0 Å². The number of rotatable bonds is 2. The van der Waals surface area contributed by atoms with Crippen molar-refractivity contribution in [2.24, 2.45) is 0 Å². The first-order chi connectivity index (χ1) is 10.6. The average Bonchev–Trinajstić information content (AvgIpc) is 2.52. The van der Waals surface area contributed by atoms with Crippen molar-refractivity contribution in [3.8, 4) is 5.75 Å². The van der Waals surface area contributed by atoms with Crippen LogP contribution in [0.4, 0.5) is 21.9 Å². The Bertz CT molecular complexity index is 716. The zero-order valence-corrected chi connectivity index (χ0v) is 12.0. The zero-order valence-electron chi connectivity index (χ0n) is 12.0. The van der Waals surface area contributed by atoms with Gasteiger partial charge >= 0.3 is 6.03 Å². The SMILES string of the molecule is CN1C(=O)COc2cccc(NC(=O)Nc3ccccc3)c21. The van der Waals surface area contributed by atoms with Crippen LogP contribution in [0, 0.1) is 0 Å². The fourth-order valence-electron chi connectivity index (χ4n) is 2.25. The van der Waals surface area contributed by atoms with Crippen LogP contribution in [0.15, 0.2) is 48.5 Å². The van der Waals surface area contributed by atoms with Gasteiger partial charge in [0.25, 0.3) is 5.91 Å². The van der Waals surface area contributed by atoms with Gasteiger partial charge in [0.15, 0.2) is 6.61 Å². The largest absolute Gasteiger partial charge is 0.481 e. The van der Waals surface area contributed by atoms with E-state index in [1.165, 1.54) is 4.90 Å². The Morgan fingerprint density at radius 2 is 1.86 bits per heavy atom. The van der Waals surface area contributed by atoms with Crippen molar-refractivity contribution in [1.82, 2.24) is 0 Å². The first kappa shape index (κ1) is 13.9. The maximum atomic E-state index is 12.1. The predicted octanol–water partition coefficient (Wildman–Crippen LogP) is 2.69. The Morgan fingerprint density at radius 3 is 2.64 bits per heavy atom. The molecule has 6 heteroatoms. The third kappa shape index (κ3) is 2.71. The topological polar surface area (TPSA) is 70.7 Å². The summed E-state index contributed by atoms with van der Waals surface area (Å²) in [6.45, 7) is 0.00314. The number of likely N-dealkylation sites (N-methyl/N-ethyl adjacent to an activating group) is 1. The molecule has 3 rings (SSSR count). The lowest BCUT2D eigenvalue weighted by Gasteiger charge is -2.28. The number of anilines is 3. The van der Waals surface area contributed by atoms with Crippen LogP contribution in [-0.4, -0.2) is 25.6 Å². The molecular weight excluding hydrogens is 282 g/mol. The van der Waals surface area contributed by atoms with Crippen molar-refractivity contribution in [3.63, 3.8) is 0 Å². The molecule has 2 aromatic carbocycles. The molecule has 1 aliphatic rings. The summed E-state index contributed by atoms with van der Waals surface area (Å²) < 4.78 is 5.38. The van der Waals surface area contributed by atoms with Crippen LogP contribution in [0.3, 0.4) is 0 Å². The van der Waals surface area contributed by atoms with Crippen molar-refractivity contribution < 1.29 is 14.3 Å². The number of fused-ring (bicyclic) bond motifs is 1. The highest BCUT2D eigenvalue weighted by Gasteiger charge is 2.25. The Kier molecular flexibility index (Phi) is 3.65. The number of hydrogen-bond acceptors (Lipinski definition) is 3. The first-order valence-electron chi connectivity index (χ1n) is 6.80. The molecule has 0 bridgehead atoms. The van der Waals surface area contributed by atoms with Gasteiger partial charge in [0, 0.05) is 12.7 Å². The molecule has 0 radical (unpaired) electrons. The quantitative estimate of drug-likeness (QED) is 0.895. The second kappa shape index (κ2) is 5.77. The Morgan fingerprint density at radius 1 is 1.09 bits per heavy atom. The molecule has 0 spiro atoms. The van der Waals surface area contributed by atoms with Gasteiger partial charge in [0.05, 0.1) is 5.69 Å². The highest BCUT2D eigenvalue weighted by molar-refractivity contribution is 6.06. The molecule has 2 N–H and O–H groups in total. The average molecular weight is 297 g/mol. The molecule has 0 atom stereocenters. The number of nitrogens with zero attached hydrogens (tertiary/aromatic N) is 1. The van der Waals surface area contributed by atoms with E-state index in [4.69, 9.17) is 4.74 Å². The lowest BCUT2D eigenvalue weighted by Crippen LogP contribution is -2.36. The summed E-state index contributed by atoms with van der Waals surface area (Å²) in [6, 6.07) is 14.0. The van der Waals surface area contributed by atoms with Gasteiger partial charge in [-0.15, -0.1) is 0 Å². The van der Waals surface area contributed by atoms with Gasteiger partial charge in [-0.05, 0) is 24.3 Å². The standard InChI is InChI=1S/C16H15N3O3/c1-19-14(20)10-22-13-9-5-8-12(15(13)19)18-16(21)17-11-6-3-2-4-7-11/h2-9H,10H2,1H3,(H2,17,18,21). The summed E-state index contributed by atoms with van der Waals surface area (Å²) in [7, 11) is 1.66. The van der Waals surface area contributed by atoms with Gasteiger partial charge < -0.3 is 20.3 Å². The molecular formula is C16H15N3O3. The van der Waals surface area contributed by atoms with Crippen LogP contribution >= 0.6 is 0 Å². The number of benzene rings is 2. The molecule has 1 heterocycles. The number of amides is 3. The van der Waals surface area contributed by atoms with Crippen LogP contribution in [0.5, 0.6) is 5.75 Å². The van der Waals surface area contributed by atoms with Crippen LogP contribution in [0.2, 0.25) is 0 Å². The molecule has 0 aliphatic carbocycles. The van der Waals surface area contributed by atoms with E-state index in [1.54, 1.807) is 37.4 Å². The molecule has 2 aromatic rings. The Hall–Kier alpha value is -3.02. The minimum atomic E-state index is -0.383. The third-order valence-electron chi connectivity index (χ3n) is 3.34. The second-order valence-electron chi connectivity index (χ2n) is 4.84. The molecule has 22 heavy (non-hydrogen) atoms. The second-order valence-corrected chi connectivity index (χ2v) is 4.84. The Balaban J connectivity index is 1.81. The summed E-state index contributed by atoms with van der Waals surface area (Å²) in [5.41, 5.74) is 1.76. The molecule has 0 saturated heterocycles. The summed E-state index contributed by atoms with van der Waals surface area (Å²) in [5, 5.41) is 5.47. The molecule has 0 fully saturated rings. The molecule has 6 nitrogen and oxygen atoms in total. The van der Waals surface area contributed by atoms with Crippen LogP contribution in [0.1, 0.15) is 0 Å². The summed E-state index contributed by atoms with van der Waals surface area (Å²) in [6.07, 6.45) is 0. The lowest BCUT2D eigenvalue weighted by molar-refractivity contribution is -0.120. The van der Waals surface area contributed by atoms with Crippen LogP contribution in [0.25, 0.3) is 0 Å². The monoisotopic (exact) mass is 297 g/mol. The third-order valence-corrected chi connectivity index (χ3v) is 3.34. The fourth-order valence-corrected chi connectivity index (χ4v) is 2.25. The van der Waals surface area contributed by atoms with E-state index < -0.39 is 0 Å². The number of para-hydroxylation sites is 2. The van der Waals surface area contributed by atoms with E-state index in [1.807, 2.05) is 18.2 Å². The lowest BCUT2D eigenvalue weighted by atomic mass is 10.2. The number of carbonyl (C=O) groups is 2. The van der Waals surface area contributed by atoms with Gasteiger partial charge in [0.2, 0.25) is 0 Å². The smallest absolute Gasteiger partial charge is 0.323 e. The maximum Gasteiger partial charge on any atom is 0.323 e. The molecule has 112 valence electrons. The molecule has 1 aliphatic heterocycles. The van der Waals surface area contributed by atoms with Crippen molar-refractivity contribution in [2.45, 2.75) is 0 Å². The predicted molar refractivity (Wildman–Crippen MR) is 84.4 cm³/mol. The van der Waals surface area contributed by atoms with Crippen molar-refractivity contribution in [1.29, 1.82) is 0 Å². The maximum absolute atomic E-state index is 12.1. The molecule has 0 unspecified atom stereocenters. The highest BCUT2D eigenvalue weighted by Crippen LogP contribution is 2.37. The molecule has 3 amide bonds. The van der Waals surface area contributed by atoms with E-state index in [0.29, 0.717) is 22.8 Å². The van der Waals surface area contributed by atoms with Gasteiger partial charge in [-0.3, -0.25) is 4.79 Å². The minimum Gasteiger partial charge on any atom is -0.481 e. The zero-order chi connectivity index (χ0) is 15.5. The Labute approximate surface area is 127 Å². The van der Waals surface area contributed by atoms with E-state index in [9.17, 15) is 9.59 Å². The van der Waals surface area contributed by atoms with E-state index in [2.05, 4.69) is 10.6 Å². The van der Waals surface area contributed by atoms with Gasteiger partial charge in [-0.25, -0.2) is 4.79 Å². The van der Waals surface area contributed by atoms with Gasteiger partial charge in [0.1, 0.15) is 11.4 Å². The molecule has 0 saturated carbocycles. The first-order valence-corrected chi connectivity index (χ1v) is 6.80. The van der Waals surface area contributed by atoms with E-state index in [0.717, 1.165) is 0 Å².